The summed E-state index contributed by atoms with van der Waals surface area (Å²) in [5.74, 6) is 0. The Bertz CT molecular complexity index is 458. The van der Waals surface area contributed by atoms with E-state index in [4.69, 9.17) is 5.11 Å². The van der Waals surface area contributed by atoms with Gasteiger partial charge in [-0.15, -0.1) is 0 Å². The highest BCUT2D eigenvalue weighted by atomic mass is 32.2. The third kappa shape index (κ3) is 3.78. The van der Waals surface area contributed by atoms with E-state index < -0.39 is 10.0 Å². The molecule has 0 aliphatic rings. The van der Waals surface area contributed by atoms with Crippen LogP contribution in [-0.4, -0.2) is 45.1 Å². The molecule has 5 nitrogen and oxygen atoms in total. The van der Waals surface area contributed by atoms with Crippen molar-refractivity contribution in [3.8, 4) is 0 Å². The van der Waals surface area contributed by atoms with Gasteiger partial charge in [-0.1, -0.05) is 12.1 Å². The number of hydrogen-bond donors (Lipinski definition) is 2. The Balaban J connectivity index is 2.86. The van der Waals surface area contributed by atoms with Gasteiger partial charge >= 0.3 is 0 Å². The van der Waals surface area contributed by atoms with Gasteiger partial charge in [-0.3, -0.25) is 0 Å². The van der Waals surface area contributed by atoms with Crippen molar-refractivity contribution >= 4 is 10.0 Å². The van der Waals surface area contributed by atoms with E-state index in [1.54, 1.807) is 18.2 Å². The maximum Gasteiger partial charge on any atom is 0.242 e. The maximum atomic E-state index is 11.9. The molecule has 0 aliphatic heterocycles. The zero-order valence-corrected chi connectivity index (χ0v) is 10.9. The Hall–Kier alpha value is -0.950. The Morgan fingerprint density at radius 3 is 2.65 bits per heavy atom. The minimum Gasteiger partial charge on any atom is -0.395 e. The summed E-state index contributed by atoms with van der Waals surface area (Å²) in [5.41, 5.74) is 0.876. The Labute approximate surface area is 102 Å². The molecule has 0 heterocycles. The SMILES string of the molecule is CN(C)S(=O)(=O)c1cccc(CNCCO)c1. The second-order valence-electron chi connectivity index (χ2n) is 3.84. The molecule has 0 unspecified atom stereocenters. The predicted octanol–water partition coefficient (Wildman–Crippen LogP) is 0.0188. The molecule has 0 bridgehead atoms. The van der Waals surface area contributed by atoms with E-state index >= 15 is 0 Å². The van der Waals surface area contributed by atoms with Gasteiger partial charge in [0.1, 0.15) is 0 Å². The molecular formula is C11H18N2O3S. The van der Waals surface area contributed by atoms with E-state index in [1.807, 2.05) is 6.07 Å². The molecule has 1 rings (SSSR count). The predicted molar refractivity (Wildman–Crippen MR) is 66.1 cm³/mol. The highest BCUT2D eigenvalue weighted by molar-refractivity contribution is 7.89. The minimum atomic E-state index is -3.37. The average Bonchev–Trinajstić information content (AvgIpc) is 2.29. The average molecular weight is 258 g/mol. The van der Waals surface area contributed by atoms with Gasteiger partial charge < -0.3 is 10.4 Å². The van der Waals surface area contributed by atoms with Crippen LogP contribution in [-0.2, 0) is 16.6 Å². The van der Waals surface area contributed by atoms with E-state index in [-0.39, 0.29) is 11.5 Å². The van der Waals surface area contributed by atoms with Crippen LogP contribution >= 0.6 is 0 Å². The van der Waals surface area contributed by atoms with Gasteiger partial charge in [0.05, 0.1) is 11.5 Å². The zero-order chi connectivity index (χ0) is 12.9. The lowest BCUT2D eigenvalue weighted by Crippen LogP contribution is -2.22. The quantitative estimate of drug-likeness (QED) is 0.706. The van der Waals surface area contributed by atoms with Crippen molar-refractivity contribution in [2.45, 2.75) is 11.4 Å². The number of nitrogens with one attached hydrogen (secondary N) is 1. The lowest BCUT2D eigenvalue weighted by atomic mass is 10.2. The van der Waals surface area contributed by atoms with Gasteiger partial charge in [0.2, 0.25) is 10.0 Å². The first kappa shape index (κ1) is 14.1. The van der Waals surface area contributed by atoms with Crippen molar-refractivity contribution in [1.29, 1.82) is 0 Å². The minimum absolute atomic E-state index is 0.0652. The number of sulfonamides is 1. The smallest absolute Gasteiger partial charge is 0.242 e. The Kier molecular flexibility index (Phi) is 5.07. The number of benzene rings is 1. The zero-order valence-electron chi connectivity index (χ0n) is 10.0. The molecule has 1 aromatic carbocycles. The van der Waals surface area contributed by atoms with Crippen LogP contribution in [0.15, 0.2) is 29.2 Å². The first-order chi connectivity index (χ1) is 7.98. The molecular weight excluding hydrogens is 240 g/mol. The first-order valence-corrected chi connectivity index (χ1v) is 6.75. The fourth-order valence-electron chi connectivity index (χ4n) is 1.34. The molecule has 0 aliphatic carbocycles. The summed E-state index contributed by atoms with van der Waals surface area (Å²) in [7, 11) is -0.362. The van der Waals surface area contributed by atoms with Crippen LogP contribution < -0.4 is 5.32 Å². The summed E-state index contributed by atoms with van der Waals surface area (Å²) >= 11 is 0. The van der Waals surface area contributed by atoms with E-state index in [0.29, 0.717) is 13.1 Å². The molecule has 0 radical (unpaired) electrons. The van der Waals surface area contributed by atoms with E-state index in [1.165, 1.54) is 18.4 Å². The monoisotopic (exact) mass is 258 g/mol. The van der Waals surface area contributed by atoms with Gasteiger partial charge in [0, 0.05) is 27.2 Å². The summed E-state index contributed by atoms with van der Waals surface area (Å²) in [5, 5.41) is 11.6. The molecule has 0 amide bonds. The van der Waals surface area contributed by atoms with Crippen molar-refractivity contribution < 1.29 is 13.5 Å². The summed E-state index contributed by atoms with van der Waals surface area (Å²) in [6, 6.07) is 6.77. The highest BCUT2D eigenvalue weighted by Crippen LogP contribution is 2.14. The van der Waals surface area contributed by atoms with Crippen molar-refractivity contribution in [2.24, 2.45) is 0 Å². The second-order valence-corrected chi connectivity index (χ2v) is 5.99. The molecule has 6 heteroatoms. The van der Waals surface area contributed by atoms with Crippen molar-refractivity contribution in [2.75, 3.05) is 27.2 Å². The number of aliphatic hydroxyl groups is 1. The van der Waals surface area contributed by atoms with Crippen LogP contribution in [0, 0.1) is 0 Å². The maximum absolute atomic E-state index is 11.9. The molecule has 0 aromatic heterocycles. The summed E-state index contributed by atoms with van der Waals surface area (Å²) < 4.78 is 24.9. The molecule has 2 N–H and O–H groups in total. The molecule has 96 valence electrons. The van der Waals surface area contributed by atoms with Gasteiger partial charge in [-0.25, -0.2) is 12.7 Å². The highest BCUT2D eigenvalue weighted by Gasteiger charge is 2.16. The van der Waals surface area contributed by atoms with Gasteiger partial charge in [-0.2, -0.15) is 0 Å². The van der Waals surface area contributed by atoms with E-state index in [0.717, 1.165) is 5.56 Å². The largest absolute Gasteiger partial charge is 0.395 e. The Morgan fingerprint density at radius 2 is 2.06 bits per heavy atom. The van der Waals surface area contributed by atoms with Crippen LogP contribution in [0.5, 0.6) is 0 Å². The van der Waals surface area contributed by atoms with Gasteiger partial charge in [0.15, 0.2) is 0 Å². The molecule has 1 aromatic rings. The van der Waals surface area contributed by atoms with E-state index in [9.17, 15) is 8.42 Å². The van der Waals surface area contributed by atoms with Crippen molar-refractivity contribution in [1.82, 2.24) is 9.62 Å². The fourth-order valence-corrected chi connectivity index (χ4v) is 2.31. The molecule has 0 fully saturated rings. The van der Waals surface area contributed by atoms with Crippen LogP contribution in [0.1, 0.15) is 5.56 Å². The molecule has 17 heavy (non-hydrogen) atoms. The molecule has 0 saturated carbocycles. The lowest BCUT2D eigenvalue weighted by Gasteiger charge is -2.12. The molecule has 0 saturated heterocycles. The summed E-state index contributed by atoms with van der Waals surface area (Å²) in [6.45, 7) is 1.09. The summed E-state index contributed by atoms with van der Waals surface area (Å²) in [4.78, 5) is 0.283. The van der Waals surface area contributed by atoms with Crippen LogP contribution in [0.4, 0.5) is 0 Å². The summed E-state index contributed by atoms with van der Waals surface area (Å²) in [6.07, 6.45) is 0. The number of nitrogens with zero attached hydrogens (tertiary/aromatic N) is 1. The fraction of sp³-hybridized carbons (Fsp3) is 0.455. The lowest BCUT2D eigenvalue weighted by molar-refractivity contribution is 0.292. The van der Waals surface area contributed by atoms with Crippen LogP contribution in [0.25, 0.3) is 0 Å². The van der Waals surface area contributed by atoms with Gasteiger partial charge in [-0.05, 0) is 17.7 Å². The van der Waals surface area contributed by atoms with Crippen molar-refractivity contribution in [3.63, 3.8) is 0 Å². The number of aliphatic hydroxyl groups excluding tert-OH is 1. The normalized spacial score (nSPS) is 12.0. The van der Waals surface area contributed by atoms with E-state index in [2.05, 4.69) is 5.32 Å². The van der Waals surface area contributed by atoms with Crippen molar-refractivity contribution in [3.05, 3.63) is 29.8 Å². The Morgan fingerprint density at radius 1 is 1.35 bits per heavy atom. The number of hydrogen-bond acceptors (Lipinski definition) is 4. The topological polar surface area (TPSA) is 69.6 Å². The second kappa shape index (κ2) is 6.11. The molecule has 0 spiro atoms. The number of rotatable bonds is 6. The third-order valence-electron chi connectivity index (χ3n) is 2.29. The standard InChI is InChI=1S/C11H18N2O3S/c1-13(2)17(15,16)11-5-3-4-10(8-11)9-12-6-7-14/h3-5,8,12,14H,6-7,9H2,1-2H3. The van der Waals surface area contributed by atoms with Crippen LogP contribution in [0.2, 0.25) is 0 Å². The van der Waals surface area contributed by atoms with Crippen LogP contribution in [0.3, 0.4) is 0 Å². The molecule has 0 atom stereocenters. The third-order valence-corrected chi connectivity index (χ3v) is 4.11. The van der Waals surface area contributed by atoms with Gasteiger partial charge in [0.25, 0.3) is 0 Å². The first-order valence-electron chi connectivity index (χ1n) is 5.31.